The Morgan fingerprint density at radius 2 is 1.74 bits per heavy atom. The number of nitro groups is 1. The standard InChI is InChI=1S/C23H15N3O5/c27-22-18-9-2-3-10-19(18)24-21(13-12-15-6-1-4-11-20(15)26(30)31)25(22)17-8-5-7-16(14-17)23(28)29/h1-14H,(H,28,29)/b13-12+. The molecule has 0 spiro atoms. The number of hydrogen-bond acceptors (Lipinski definition) is 5. The van der Waals surface area contributed by atoms with Gasteiger partial charge in [-0.2, -0.15) is 0 Å². The number of aromatic nitrogens is 2. The van der Waals surface area contributed by atoms with E-state index in [0.29, 0.717) is 22.2 Å². The van der Waals surface area contributed by atoms with Crippen molar-refractivity contribution in [3.05, 3.63) is 110 Å². The predicted octanol–water partition coefficient (Wildman–Crippen LogP) is 4.16. The third-order valence-electron chi connectivity index (χ3n) is 4.70. The highest BCUT2D eigenvalue weighted by molar-refractivity contribution is 5.88. The van der Waals surface area contributed by atoms with Crippen LogP contribution in [0.5, 0.6) is 0 Å². The maximum Gasteiger partial charge on any atom is 0.335 e. The molecule has 4 aromatic rings. The number of hydrogen-bond donors (Lipinski definition) is 1. The van der Waals surface area contributed by atoms with Crippen LogP contribution in [-0.4, -0.2) is 25.6 Å². The van der Waals surface area contributed by atoms with E-state index < -0.39 is 10.9 Å². The average molecular weight is 413 g/mol. The summed E-state index contributed by atoms with van der Waals surface area (Å²) in [6.07, 6.45) is 3.01. The molecule has 152 valence electrons. The molecule has 0 unspecified atom stereocenters. The van der Waals surface area contributed by atoms with Gasteiger partial charge in [0, 0.05) is 6.07 Å². The molecule has 4 rings (SSSR count). The van der Waals surface area contributed by atoms with Crippen LogP contribution in [0.25, 0.3) is 28.7 Å². The number of benzene rings is 3. The molecule has 0 radical (unpaired) electrons. The zero-order valence-corrected chi connectivity index (χ0v) is 16.0. The minimum absolute atomic E-state index is 0.0196. The van der Waals surface area contributed by atoms with Crippen LogP contribution < -0.4 is 5.56 Å². The summed E-state index contributed by atoms with van der Waals surface area (Å²) in [6.45, 7) is 0. The maximum atomic E-state index is 13.3. The van der Waals surface area contributed by atoms with Gasteiger partial charge < -0.3 is 5.11 Å². The Morgan fingerprint density at radius 3 is 2.52 bits per heavy atom. The van der Waals surface area contributed by atoms with Crippen molar-refractivity contribution in [2.75, 3.05) is 0 Å². The zero-order chi connectivity index (χ0) is 22.0. The number of rotatable bonds is 5. The van der Waals surface area contributed by atoms with E-state index in [9.17, 15) is 24.8 Å². The molecule has 3 aromatic carbocycles. The van der Waals surface area contributed by atoms with E-state index >= 15 is 0 Å². The Hall–Kier alpha value is -4.59. The van der Waals surface area contributed by atoms with Crippen LogP contribution in [0, 0.1) is 10.1 Å². The highest BCUT2D eigenvalue weighted by Crippen LogP contribution is 2.21. The summed E-state index contributed by atoms with van der Waals surface area (Å²) < 4.78 is 1.29. The fourth-order valence-corrected chi connectivity index (χ4v) is 3.25. The van der Waals surface area contributed by atoms with Crippen LogP contribution in [-0.2, 0) is 0 Å². The van der Waals surface area contributed by atoms with Gasteiger partial charge in [-0.3, -0.25) is 19.5 Å². The molecular formula is C23H15N3O5. The van der Waals surface area contributed by atoms with E-state index in [4.69, 9.17) is 0 Å². The summed E-state index contributed by atoms with van der Waals surface area (Å²) in [5, 5.41) is 21.0. The minimum atomic E-state index is -1.12. The molecule has 31 heavy (non-hydrogen) atoms. The summed E-state index contributed by atoms with van der Waals surface area (Å²) >= 11 is 0. The summed E-state index contributed by atoms with van der Waals surface area (Å²) in [6, 6.07) is 18.9. The van der Waals surface area contributed by atoms with E-state index in [-0.39, 0.29) is 22.6 Å². The van der Waals surface area contributed by atoms with Crippen molar-refractivity contribution in [1.82, 2.24) is 9.55 Å². The van der Waals surface area contributed by atoms with Gasteiger partial charge in [-0.05, 0) is 48.6 Å². The summed E-state index contributed by atoms with van der Waals surface area (Å²) in [7, 11) is 0. The predicted molar refractivity (Wildman–Crippen MR) is 116 cm³/mol. The molecule has 1 aromatic heterocycles. The van der Waals surface area contributed by atoms with Gasteiger partial charge in [0.05, 0.1) is 32.6 Å². The van der Waals surface area contributed by atoms with Gasteiger partial charge >= 0.3 is 5.97 Å². The van der Waals surface area contributed by atoms with Crippen LogP contribution in [0.15, 0.2) is 77.6 Å². The van der Waals surface area contributed by atoms with Crippen molar-refractivity contribution in [2.45, 2.75) is 0 Å². The molecule has 8 nitrogen and oxygen atoms in total. The van der Waals surface area contributed by atoms with Crippen molar-refractivity contribution < 1.29 is 14.8 Å². The number of carbonyl (C=O) groups is 1. The van der Waals surface area contributed by atoms with E-state index in [2.05, 4.69) is 4.98 Å². The van der Waals surface area contributed by atoms with E-state index in [1.165, 1.54) is 41.0 Å². The lowest BCUT2D eigenvalue weighted by atomic mass is 10.1. The van der Waals surface area contributed by atoms with Crippen molar-refractivity contribution in [2.24, 2.45) is 0 Å². The molecule has 0 amide bonds. The van der Waals surface area contributed by atoms with E-state index in [1.807, 2.05) is 0 Å². The number of aromatic carboxylic acids is 1. The largest absolute Gasteiger partial charge is 0.478 e. The topological polar surface area (TPSA) is 115 Å². The Bertz CT molecular complexity index is 1420. The average Bonchev–Trinajstić information content (AvgIpc) is 2.78. The second-order valence-corrected chi connectivity index (χ2v) is 6.63. The Labute approximate surface area is 175 Å². The van der Waals surface area contributed by atoms with Gasteiger partial charge in [0.15, 0.2) is 0 Å². The lowest BCUT2D eigenvalue weighted by Gasteiger charge is -2.12. The van der Waals surface area contributed by atoms with E-state index in [1.54, 1.807) is 48.5 Å². The highest BCUT2D eigenvalue weighted by Gasteiger charge is 2.14. The molecule has 0 saturated heterocycles. The first kappa shape index (κ1) is 19.7. The Morgan fingerprint density at radius 1 is 1.00 bits per heavy atom. The third kappa shape index (κ3) is 3.82. The first-order chi connectivity index (χ1) is 15.0. The monoisotopic (exact) mass is 413 g/mol. The van der Waals surface area contributed by atoms with Gasteiger partial charge in [0.25, 0.3) is 11.2 Å². The summed E-state index contributed by atoms with van der Waals surface area (Å²) in [5.74, 6) is -0.912. The molecule has 0 aliphatic carbocycles. The normalized spacial score (nSPS) is 11.1. The van der Waals surface area contributed by atoms with Gasteiger partial charge in [-0.25, -0.2) is 9.78 Å². The van der Waals surface area contributed by atoms with Gasteiger partial charge in [0.1, 0.15) is 5.82 Å². The molecule has 0 atom stereocenters. The Balaban J connectivity index is 1.96. The van der Waals surface area contributed by atoms with Crippen LogP contribution in [0.4, 0.5) is 5.69 Å². The molecule has 0 aliphatic heterocycles. The Kier molecular flexibility index (Phi) is 5.11. The van der Waals surface area contributed by atoms with Crippen LogP contribution in [0.1, 0.15) is 21.7 Å². The minimum Gasteiger partial charge on any atom is -0.478 e. The lowest BCUT2D eigenvalue weighted by molar-refractivity contribution is -0.385. The van der Waals surface area contributed by atoms with Gasteiger partial charge in [-0.1, -0.05) is 30.3 Å². The van der Waals surface area contributed by atoms with E-state index in [0.717, 1.165) is 0 Å². The molecule has 1 heterocycles. The molecular weight excluding hydrogens is 398 g/mol. The molecule has 8 heteroatoms. The number of carboxylic acid groups (broad SMARTS) is 1. The summed E-state index contributed by atoms with van der Waals surface area (Å²) in [5.41, 5.74) is 0.689. The fourth-order valence-electron chi connectivity index (χ4n) is 3.25. The number of nitro benzene ring substituents is 1. The first-order valence-electron chi connectivity index (χ1n) is 9.23. The summed E-state index contributed by atoms with van der Waals surface area (Å²) in [4.78, 5) is 40.0. The molecule has 1 N–H and O–H groups in total. The van der Waals surface area contributed by atoms with Crippen molar-refractivity contribution >= 4 is 34.7 Å². The SMILES string of the molecule is O=C(O)c1cccc(-n2c(/C=C/c3ccccc3[N+](=O)[O-])nc3ccccc3c2=O)c1. The van der Waals surface area contributed by atoms with Gasteiger partial charge in [0.2, 0.25) is 0 Å². The highest BCUT2D eigenvalue weighted by atomic mass is 16.6. The van der Waals surface area contributed by atoms with Crippen LogP contribution >= 0.6 is 0 Å². The second-order valence-electron chi connectivity index (χ2n) is 6.63. The smallest absolute Gasteiger partial charge is 0.335 e. The lowest BCUT2D eigenvalue weighted by Crippen LogP contribution is -2.22. The number of nitrogens with zero attached hydrogens (tertiary/aromatic N) is 3. The number of fused-ring (bicyclic) bond motifs is 1. The molecule has 0 saturated carbocycles. The zero-order valence-electron chi connectivity index (χ0n) is 16.0. The van der Waals surface area contributed by atoms with Crippen molar-refractivity contribution in [3.63, 3.8) is 0 Å². The van der Waals surface area contributed by atoms with Crippen molar-refractivity contribution in [3.8, 4) is 5.69 Å². The van der Waals surface area contributed by atoms with Crippen LogP contribution in [0.2, 0.25) is 0 Å². The van der Waals surface area contributed by atoms with Gasteiger partial charge in [-0.15, -0.1) is 0 Å². The second kappa shape index (κ2) is 8.03. The number of para-hydroxylation sites is 2. The number of carboxylic acids is 1. The molecule has 0 fully saturated rings. The quantitative estimate of drug-likeness (QED) is 0.388. The molecule has 0 aliphatic rings. The third-order valence-corrected chi connectivity index (χ3v) is 4.70. The van der Waals surface area contributed by atoms with Crippen molar-refractivity contribution in [1.29, 1.82) is 0 Å². The first-order valence-corrected chi connectivity index (χ1v) is 9.23. The maximum absolute atomic E-state index is 13.3. The fraction of sp³-hybridized carbons (Fsp3) is 0. The molecule has 0 bridgehead atoms. The van der Waals surface area contributed by atoms with Crippen LogP contribution in [0.3, 0.4) is 0 Å².